The van der Waals surface area contributed by atoms with E-state index in [1.165, 1.54) is 57.8 Å². The van der Waals surface area contributed by atoms with Crippen LogP contribution < -0.4 is 6.15 Å². The summed E-state index contributed by atoms with van der Waals surface area (Å²) in [6.07, 6.45) is 12.5. The van der Waals surface area contributed by atoms with E-state index in [-0.39, 0.29) is 6.15 Å². The predicted octanol–water partition coefficient (Wildman–Crippen LogP) is 4.72. The SMILES string of the molecule is CCCCCCCCCCCOCC.N. The van der Waals surface area contributed by atoms with E-state index in [2.05, 4.69) is 13.8 Å². The minimum Gasteiger partial charge on any atom is -0.382 e. The summed E-state index contributed by atoms with van der Waals surface area (Å²) in [7, 11) is 0. The molecule has 0 aromatic heterocycles. The van der Waals surface area contributed by atoms with Crippen LogP contribution in [0.15, 0.2) is 0 Å². The molecular weight excluding hydrogens is 186 g/mol. The van der Waals surface area contributed by atoms with Crippen molar-refractivity contribution in [3.05, 3.63) is 0 Å². The highest BCUT2D eigenvalue weighted by Gasteiger charge is 1.91. The van der Waals surface area contributed by atoms with Crippen LogP contribution in [0.25, 0.3) is 0 Å². The lowest BCUT2D eigenvalue weighted by Crippen LogP contribution is -1.92. The first-order chi connectivity index (χ1) is 6.91. The summed E-state index contributed by atoms with van der Waals surface area (Å²) in [4.78, 5) is 0. The van der Waals surface area contributed by atoms with E-state index in [9.17, 15) is 0 Å². The fourth-order valence-corrected chi connectivity index (χ4v) is 1.66. The van der Waals surface area contributed by atoms with Crippen molar-refractivity contribution in [2.45, 2.75) is 71.6 Å². The average Bonchev–Trinajstić information content (AvgIpc) is 2.21. The zero-order chi connectivity index (χ0) is 10.5. The first-order valence-corrected chi connectivity index (χ1v) is 6.49. The first kappa shape index (κ1) is 17.3. The molecule has 0 fully saturated rings. The lowest BCUT2D eigenvalue weighted by molar-refractivity contribution is 0.143. The third-order valence-electron chi connectivity index (χ3n) is 2.60. The topological polar surface area (TPSA) is 44.2 Å². The monoisotopic (exact) mass is 217 g/mol. The van der Waals surface area contributed by atoms with E-state index < -0.39 is 0 Å². The minimum atomic E-state index is 0. The van der Waals surface area contributed by atoms with Crippen molar-refractivity contribution in [2.75, 3.05) is 13.2 Å². The molecule has 0 heterocycles. The lowest BCUT2D eigenvalue weighted by Gasteiger charge is -2.02. The smallest absolute Gasteiger partial charge is 0.0465 e. The van der Waals surface area contributed by atoms with Gasteiger partial charge in [0.1, 0.15) is 0 Å². The maximum Gasteiger partial charge on any atom is 0.0465 e. The van der Waals surface area contributed by atoms with Gasteiger partial charge in [-0.15, -0.1) is 0 Å². The Balaban J connectivity index is 0. The van der Waals surface area contributed by atoms with Crippen LogP contribution in [0, 0.1) is 0 Å². The third-order valence-corrected chi connectivity index (χ3v) is 2.60. The van der Waals surface area contributed by atoms with Crippen LogP contribution in [0.1, 0.15) is 71.6 Å². The van der Waals surface area contributed by atoms with Gasteiger partial charge in [0.2, 0.25) is 0 Å². The van der Waals surface area contributed by atoms with E-state index in [0.29, 0.717) is 0 Å². The maximum absolute atomic E-state index is 5.29. The molecule has 0 spiro atoms. The molecule has 0 radical (unpaired) electrons. The Morgan fingerprint density at radius 2 is 1.13 bits per heavy atom. The molecule has 2 heteroatoms. The fourth-order valence-electron chi connectivity index (χ4n) is 1.66. The molecule has 0 bridgehead atoms. The Morgan fingerprint density at radius 1 is 0.667 bits per heavy atom. The zero-order valence-electron chi connectivity index (χ0n) is 10.9. The van der Waals surface area contributed by atoms with Crippen molar-refractivity contribution in [2.24, 2.45) is 0 Å². The Bertz CT molecular complexity index is 84.5. The average molecular weight is 217 g/mol. The summed E-state index contributed by atoms with van der Waals surface area (Å²) in [5.74, 6) is 0. The number of rotatable bonds is 11. The normalized spacial score (nSPS) is 10.0. The largest absolute Gasteiger partial charge is 0.382 e. The van der Waals surface area contributed by atoms with Gasteiger partial charge in [0, 0.05) is 13.2 Å². The summed E-state index contributed by atoms with van der Waals surface area (Å²) in [5, 5.41) is 0. The van der Waals surface area contributed by atoms with Crippen LogP contribution in [0.2, 0.25) is 0 Å². The summed E-state index contributed by atoms with van der Waals surface area (Å²) < 4.78 is 5.29. The minimum absolute atomic E-state index is 0. The standard InChI is InChI=1S/C13H28O.H3N/c1-3-5-6-7-8-9-10-11-12-13-14-4-2;/h3-13H2,1-2H3;1H3. The molecule has 0 atom stereocenters. The molecule has 0 saturated heterocycles. The van der Waals surface area contributed by atoms with Gasteiger partial charge in [-0.3, -0.25) is 0 Å². The van der Waals surface area contributed by atoms with Gasteiger partial charge in [-0.05, 0) is 13.3 Å². The number of hydrogen-bond donors (Lipinski definition) is 1. The summed E-state index contributed by atoms with van der Waals surface area (Å²) >= 11 is 0. The van der Waals surface area contributed by atoms with Crippen molar-refractivity contribution in [3.8, 4) is 0 Å². The van der Waals surface area contributed by atoms with E-state index in [1.54, 1.807) is 0 Å². The van der Waals surface area contributed by atoms with E-state index in [1.807, 2.05) is 0 Å². The van der Waals surface area contributed by atoms with Gasteiger partial charge < -0.3 is 10.9 Å². The van der Waals surface area contributed by atoms with Gasteiger partial charge in [0.15, 0.2) is 0 Å². The Hall–Kier alpha value is -0.0800. The van der Waals surface area contributed by atoms with Gasteiger partial charge in [0.25, 0.3) is 0 Å². The summed E-state index contributed by atoms with van der Waals surface area (Å²) in [6, 6.07) is 0. The molecule has 0 saturated carbocycles. The van der Waals surface area contributed by atoms with Crippen LogP contribution in [-0.2, 0) is 4.74 Å². The predicted molar refractivity (Wildman–Crippen MR) is 68.7 cm³/mol. The van der Waals surface area contributed by atoms with Crippen LogP contribution in [0.5, 0.6) is 0 Å². The molecule has 94 valence electrons. The van der Waals surface area contributed by atoms with Gasteiger partial charge in [-0.25, -0.2) is 0 Å². The molecule has 0 aliphatic carbocycles. The fraction of sp³-hybridized carbons (Fsp3) is 1.00. The highest BCUT2D eigenvalue weighted by Crippen LogP contribution is 2.09. The van der Waals surface area contributed by atoms with Crippen LogP contribution in [0.4, 0.5) is 0 Å². The summed E-state index contributed by atoms with van der Waals surface area (Å²) in [6.45, 7) is 6.17. The van der Waals surface area contributed by atoms with Gasteiger partial charge in [0.05, 0.1) is 0 Å². The zero-order valence-corrected chi connectivity index (χ0v) is 10.9. The van der Waals surface area contributed by atoms with Crippen molar-refractivity contribution in [3.63, 3.8) is 0 Å². The quantitative estimate of drug-likeness (QED) is 0.509. The van der Waals surface area contributed by atoms with Gasteiger partial charge >= 0.3 is 0 Å². The van der Waals surface area contributed by atoms with E-state index >= 15 is 0 Å². The molecular formula is C13H31NO. The summed E-state index contributed by atoms with van der Waals surface area (Å²) in [5.41, 5.74) is 0. The second-order valence-corrected chi connectivity index (χ2v) is 4.03. The van der Waals surface area contributed by atoms with Crippen LogP contribution in [0.3, 0.4) is 0 Å². The maximum atomic E-state index is 5.29. The molecule has 0 aliphatic heterocycles. The Labute approximate surface area is 96.4 Å². The van der Waals surface area contributed by atoms with E-state index in [4.69, 9.17) is 4.74 Å². The highest BCUT2D eigenvalue weighted by atomic mass is 16.5. The first-order valence-electron chi connectivity index (χ1n) is 6.49. The Kier molecular flexibility index (Phi) is 18.9. The van der Waals surface area contributed by atoms with Gasteiger partial charge in [-0.1, -0.05) is 58.3 Å². The van der Waals surface area contributed by atoms with Crippen LogP contribution >= 0.6 is 0 Å². The molecule has 0 rings (SSSR count). The molecule has 0 amide bonds. The van der Waals surface area contributed by atoms with Crippen molar-refractivity contribution < 1.29 is 4.74 Å². The molecule has 0 unspecified atom stereocenters. The second kappa shape index (κ2) is 16.4. The molecule has 0 aliphatic rings. The second-order valence-electron chi connectivity index (χ2n) is 4.03. The number of hydrogen-bond acceptors (Lipinski definition) is 2. The molecule has 2 nitrogen and oxygen atoms in total. The van der Waals surface area contributed by atoms with Crippen molar-refractivity contribution in [1.82, 2.24) is 6.15 Å². The number of ether oxygens (including phenoxy) is 1. The lowest BCUT2D eigenvalue weighted by atomic mass is 10.1. The van der Waals surface area contributed by atoms with Gasteiger partial charge in [-0.2, -0.15) is 0 Å². The molecule has 15 heavy (non-hydrogen) atoms. The molecule has 3 N–H and O–H groups in total. The Morgan fingerprint density at radius 3 is 1.60 bits per heavy atom. The molecule has 0 aromatic carbocycles. The van der Waals surface area contributed by atoms with Crippen LogP contribution in [-0.4, -0.2) is 13.2 Å². The van der Waals surface area contributed by atoms with Crippen molar-refractivity contribution >= 4 is 0 Å². The highest BCUT2D eigenvalue weighted by molar-refractivity contribution is 4.46. The molecule has 0 aromatic rings. The number of unbranched alkanes of at least 4 members (excludes halogenated alkanes) is 8. The van der Waals surface area contributed by atoms with Crippen molar-refractivity contribution in [1.29, 1.82) is 0 Å². The van der Waals surface area contributed by atoms with E-state index in [0.717, 1.165) is 13.2 Å². The third kappa shape index (κ3) is 16.6.